The predicted octanol–water partition coefficient (Wildman–Crippen LogP) is 4.76. The third-order valence-corrected chi connectivity index (χ3v) is 6.11. The minimum absolute atomic E-state index is 0.139. The van der Waals surface area contributed by atoms with E-state index >= 15 is 0 Å². The Labute approximate surface area is 180 Å². The summed E-state index contributed by atoms with van der Waals surface area (Å²) < 4.78 is 6.31. The third-order valence-electron chi connectivity index (χ3n) is 6.11. The van der Waals surface area contributed by atoms with Gasteiger partial charge in [0.2, 0.25) is 5.91 Å². The minimum Gasteiger partial charge on any atom is -0.487 e. The first-order valence-electron chi connectivity index (χ1n) is 10.5. The van der Waals surface area contributed by atoms with Crippen molar-refractivity contribution in [3.05, 3.63) is 60.4 Å². The van der Waals surface area contributed by atoms with E-state index in [1.807, 2.05) is 42.5 Å². The molecule has 3 N–H and O–H groups in total. The normalized spacial score (nSPS) is 18.4. The zero-order valence-corrected chi connectivity index (χ0v) is 17.3. The van der Waals surface area contributed by atoms with E-state index in [1.54, 1.807) is 12.4 Å². The van der Waals surface area contributed by atoms with Crippen LogP contribution < -0.4 is 20.7 Å². The SMILES string of the molecule is CC(=O)Nc1ccc2c(c1)C(NC(=O)Nc1cccc3cnccc13)CC1(CCC1)O2. The Morgan fingerprint density at radius 2 is 2.00 bits per heavy atom. The van der Waals surface area contributed by atoms with Gasteiger partial charge in [-0.05, 0) is 49.6 Å². The fourth-order valence-corrected chi connectivity index (χ4v) is 4.51. The molecule has 7 heteroatoms. The van der Waals surface area contributed by atoms with Crippen molar-refractivity contribution in [3.63, 3.8) is 0 Å². The van der Waals surface area contributed by atoms with Crippen molar-refractivity contribution in [3.8, 4) is 5.75 Å². The number of carbonyl (C=O) groups excluding carboxylic acids is 2. The number of hydrogen-bond acceptors (Lipinski definition) is 4. The zero-order valence-electron chi connectivity index (χ0n) is 17.3. The first kappa shape index (κ1) is 19.4. The molecule has 2 aromatic carbocycles. The number of hydrogen-bond donors (Lipinski definition) is 3. The van der Waals surface area contributed by atoms with Crippen LogP contribution in [0.25, 0.3) is 10.8 Å². The Hall–Kier alpha value is -3.61. The van der Waals surface area contributed by atoms with E-state index in [9.17, 15) is 9.59 Å². The molecule has 7 nitrogen and oxygen atoms in total. The maximum absolute atomic E-state index is 13.0. The van der Waals surface area contributed by atoms with Gasteiger partial charge in [0, 0.05) is 47.8 Å². The summed E-state index contributed by atoms with van der Waals surface area (Å²) in [4.78, 5) is 28.6. The molecule has 158 valence electrons. The predicted molar refractivity (Wildman–Crippen MR) is 119 cm³/mol. The second-order valence-corrected chi connectivity index (χ2v) is 8.33. The average Bonchev–Trinajstić information content (AvgIpc) is 2.72. The van der Waals surface area contributed by atoms with Crippen molar-refractivity contribution < 1.29 is 14.3 Å². The molecule has 1 aliphatic carbocycles. The maximum Gasteiger partial charge on any atom is 0.319 e. The van der Waals surface area contributed by atoms with Crippen molar-refractivity contribution in [1.29, 1.82) is 0 Å². The second-order valence-electron chi connectivity index (χ2n) is 8.33. The topological polar surface area (TPSA) is 92.4 Å². The molecule has 1 unspecified atom stereocenters. The summed E-state index contributed by atoms with van der Waals surface area (Å²) in [6.45, 7) is 1.47. The van der Waals surface area contributed by atoms with Crippen LogP contribution in [0.15, 0.2) is 54.9 Å². The van der Waals surface area contributed by atoms with Gasteiger partial charge in [0.15, 0.2) is 0 Å². The molecule has 1 aromatic heterocycles. The van der Waals surface area contributed by atoms with Gasteiger partial charge in [-0.3, -0.25) is 9.78 Å². The maximum atomic E-state index is 13.0. The van der Waals surface area contributed by atoms with E-state index in [0.29, 0.717) is 12.1 Å². The molecule has 3 aromatic rings. The summed E-state index contributed by atoms with van der Waals surface area (Å²) in [5.41, 5.74) is 2.08. The molecule has 0 radical (unpaired) electrons. The summed E-state index contributed by atoms with van der Waals surface area (Å²) in [7, 11) is 0. The highest BCUT2D eigenvalue weighted by Gasteiger charge is 2.46. The molecule has 1 atom stereocenters. The largest absolute Gasteiger partial charge is 0.487 e. The van der Waals surface area contributed by atoms with E-state index < -0.39 is 0 Å². The van der Waals surface area contributed by atoms with Crippen molar-refractivity contribution in [2.24, 2.45) is 0 Å². The number of urea groups is 1. The van der Waals surface area contributed by atoms with Crippen LogP contribution >= 0.6 is 0 Å². The average molecular weight is 416 g/mol. The van der Waals surface area contributed by atoms with E-state index in [4.69, 9.17) is 4.74 Å². The first-order valence-corrected chi connectivity index (χ1v) is 10.5. The van der Waals surface area contributed by atoms with Gasteiger partial charge in [0.1, 0.15) is 11.4 Å². The van der Waals surface area contributed by atoms with Crippen LogP contribution in [0.5, 0.6) is 5.75 Å². The lowest BCUT2D eigenvalue weighted by Crippen LogP contribution is -2.50. The number of pyridine rings is 1. The Bertz CT molecular complexity index is 1170. The quantitative estimate of drug-likeness (QED) is 0.574. The first-order chi connectivity index (χ1) is 15.0. The highest BCUT2D eigenvalue weighted by molar-refractivity contribution is 6.01. The summed E-state index contributed by atoms with van der Waals surface area (Å²) in [6.07, 6.45) is 7.28. The molecule has 2 heterocycles. The Kier molecular flexibility index (Phi) is 4.73. The van der Waals surface area contributed by atoms with Crippen LogP contribution in [0.3, 0.4) is 0 Å². The molecule has 31 heavy (non-hydrogen) atoms. The molecule has 0 saturated heterocycles. The number of nitrogens with one attached hydrogen (secondary N) is 3. The van der Waals surface area contributed by atoms with Gasteiger partial charge in [0.25, 0.3) is 0 Å². The molecule has 1 aliphatic heterocycles. The summed E-state index contributed by atoms with van der Waals surface area (Å²) >= 11 is 0. The van der Waals surface area contributed by atoms with Crippen LogP contribution in [-0.2, 0) is 4.79 Å². The molecule has 2 aliphatic rings. The number of nitrogens with zero attached hydrogens (tertiary/aromatic N) is 1. The zero-order chi connectivity index (χ0) is 21.4. The van der Waals surface area contributed by atoms with Crippen molar-refractivity contribution in [1.82, 2.24) is 10.3 Å². The Morgan fingerprint density at radius 3 is 2.77 bits per heavy atom. The second kappa shape index (κ2) is 7.58. The third kappa shape index (κ3) is 3.79. The highest BCUT2D eigenvalue weighted by Crippen LogP contribution is 2.49. The molecule has 1 spiro atoms. The minimum atomic E-state index is -0.276. The van der Waals surface area contributed by atoms with Crippen LogP contribution in [-0.4, -0.2) is 22.5 Å². The van der Waals surface area contributed by atoms with Crippen molar-refractivity contribution in [2.45, 2.75) is 44.2 Å². The molecule has 0 bridgehead atoms. The lowest BCUT2D eigenvalue weighted by Gasteiger charge is -2.48. The van der Waals surface area contributed by atoms with Crippen LogP contribution in [0.4, 0.5) is 16.2 Å². The van der Waals surface area contributed by atoms with Crippen molar-refractivity contribution in [2.75, 3.05) is 10.6 Å². The monoisotopic (exact) mass is 416 g/mol. The van der Waals surface area contributed by atoms with E-state index in [2.05, 4.69) is 20.9 Å². The van der Waals surface area contributed by atoms with E-state index in [0.717, 1.165) is 47.0 Å². The van der Waals surface area contributed by atoms with Gasteiger partial charge in [-0.2, -0.15) is 0 Å². The van der Waals surface area contributed by atoms with E-state index in [1.165, 1.54) is 6.92 Å². The molecule has 3 amide bonds. The van der Waals surface area contributed by atoms with Crippen molar-refractivity contribution >= 4 is 34.1 Å². The molecular weight excluding hydrogens is 392 g/mol. The number of aromatic nitrogens is 1. The number of fused-ring (bicyclic) bond motifs is 2. The summed E-state index contributed by atoms with van der Waals surface area (Å²) in [5.74, 6) is 0.626. The fourth-order valence-electron chi connectivity index (χ4n) is 4.51. The van der Waals surface area contributed by atoms with Crippen LogP contribution in [0.2, 0.25) is 0 Å². The number of benzene rings is 2. The number of ether oxygens (including phenoxy) is 1. The Morgan fingerprint density at radius 1 is 1.13 bits per heavy atom. The smallest absolute Gasteiger partial charge is 0.319 e. The number of carbonyl (C=O) groups is 2. The van der Waals surface area contributed by atoms with Crippen LogP contribution in [0.1, 0.15) is 44.2 Å². The standard InChI is InChI=1S/C24H24N4O3/c1-15(29)26-17-6-7-22-19(12-17)21(13-24(31-22)9-3-10-24)28-23(30)27-20-5-2-4-16-14-25-11-8-18(16)20/h2,4-8,11-12,14,21H,3,9-10,13H2,1H3,(H,26,29)(H2,27,28,30). The lowest BCUT2D eigenvalue weighted by atomic mass is 9.73. The molecule has 1 saturated carbocycles. The van der Waals surface area contributed by atoms with Gasteiger partial charge < -0.3 is 20.7 Å². The summed E-state index contributed by atoms with van der Waals surface area (Å²) in [5, 5.41) is 10.8. The number of rotatable bonds is 3. The lowest BCUT2D eigenvalue weighted by molar-refractivity contribution is -0.114. The fraction of sp³-hybridized carbons (Fsp3) is 0.292. The van der Waals surface area contributed by atoms with Gasteiger partial charge in [0.05, 0.1) is 11.7 Å². The van der Waals surface area contributed by atoms with E-state index in [-0.39, 0.29) is 23.6 Å². The van der Waals surface area contributed by atoms with Gasteiger partial charge >= 0.3 is 6.03 Å². The molecule has 1 fully saturated rings. The van der Waals surface area contributed by atoms with Gasteiger partial charge in [-0.25, -0.2) is 4.79 Å². The van der Waals surface area contributed by atoms with Gasteiger partial charge in [-0.1, -0.05) is 12.1 Å². The molecule has 5 rings (SSSR count). The summed E-state index contributed by atoms with van der Waals surface area (Å²) in [6, 6.07) is 12.7. The molecular formula is C24H24N4O3. The Balaban J connectivity index is 1.41. The van der Waals surface area contributed by atoms with Gasteiger partial charge in [-0.15, -0.1) is 0 Å². The number of anilines is 2. The highest BCUT2D eigenvalue weighted by atomic mass is 16.5. The number of amides is 3. The van der Waals surface area contributed by atoms with Crippen LogP contribution in [0, 0.1) is 0 Å².